The maximum atomic E-state index is 12.6. The third-order valence-electron chi connectivity index (χ3n) is 4.85. The number of rotatable bonds is 8. The molecular formula is C23H30N2O2. The third-order valence-corrected chi connectivity index (χ3v) is 4.85. The Morgan fingerprint density at radius 2 is 1.48 bits per heavy atom. The van der Waals surface area contributed by atoms with Gasteiger partial charge in [-0.05, 0) is 29.5 Å². The summed E-state index contributed by atoms with van der Waals surface area (Å²) in [5.41, 5.74) is 4.37. The number of amides is 2. The molecule has 4 heteroatoms. The Hall–Kier alpha value is -2.62. The van der Waals surface area contributed by atoms with E-state index in [1.165, 1.54) is 0 Å². The van der Waals surface area contributed by atoms with Crippen LogP contribution in [0.1, 0.15) is 43.9 Å². The average molecular weight is 367 g/mol. The summed E-state index contributed by atoms with van der Waals surface area (Å²) in [7, 11) is 1.81. The second-order valence-corrected chi connectivity index (χ2v) is 6.79. The number of hydrogen-bond donors (Lipinski definition) is 0. The Bertz CT molecular complexity index is 749. The maximum Gasteiger partial charge on any atom is 0.224 e. The van der Waals surface area contributed by atoms with Crippen LogP contribution in [0.4, 0.5) is 5.69 Å². The molecule has 2 aromatic carbocycles. The first-order valence-electron chi connectivity index (χ1n) is 9.64. The molecule has 2 aromatic rings. The lowest BCUT2D eigenvalue weighted by molar-refractivity contribution is -0.130. The van der Waals surface area contributed by atoms with Crippen LogP contribution in [0.15, 0.2) is 48.5 Å². The number of nitrogens with zero attached hydrogens (tertiary/aromatic N) is 2. The molecule has 4 nitrogen and oxygen atoms in total. The number of benzene rings is 2. The molecule has 0 saturated heterocycles. The molecule has 0 radical (unpaired) electrons. The highest BCUT2D eigenvalue weighted by Crippen LogP contribution is 2.27. The molecule has 0 aliphatic heterocycles. The highest BCUT2D eigenvalue weighted by Gasteiger charge is 2.20. The van der Waals surface area contributed by atoms with Gasteiger partial charge in [0.15, 0.2) is 0 Å². The molecule has 0 atom stereocenters. The van der Waals surface area contributed by atoms with E-state index in [4.69, 9.17) is 0 Å². The summed E-state index contributed by atoms with van der Waals surface area (Å²) in [6, 6.07) is 16.1. The lowest BCUT2D eigenvalue weighted by Gasteiger charge is -2.27. The molecule has 0 heterocycles. The molecule has 144 valence electrons. The normalized spacial score (nSPS) is 10.5. The van der Waals surface area contributed by atoms with Gasteiger partial charge in [0, 0.05) is 39.2 Å². The van der Waals surface area contributed by atoms with Crippen LogP contribution in [0.3, 0.4) is 0 Å². The van der Waals surface area contributed by atoms with Crippen LogP contribution in [0.2, 0.25) is 0 Å². The Morgan fingerprint density at radius 1 is 0.889 bits per heavy atom. The summed E-state index contributed by atoms with van der Waals surface area (Å²) in [5, 5.41) is 0. The van der Waals surface area contributed by atoms with Gasteiger partial charge in [-0.3, -0.25) is 9.59 Å². The molecule has 0 bridgehead atoms. The Morgan fingerprint density at radius 3 is 2.00 bits per heavy atom. The van der Waals surface area contributed by atoms with Crippen LogP contribution in [-0.2, 0) is 29.0 Å². The molecule has 0 aliphatic rings. The van der Waals surface area contributed by atoms with E-state index in [2.05, 4.69) is 26.0 Å². The van der Waals surface area contributed by atoms with E-state index in [9.17, 15) is 9.59 Å². The van der Waals surface area contributed by atoms with Crippen molar-refractivity contribution in [3.63, 3.8) is 0 Å². The van der Waals surface area contributed by atoms with Crippen LogP contribution in [0, 0.1) is 0 Å². The fourth-order valence-electron chi connectivity index (χ4n) is 3.33. The highest BCUT2D eigenvalue weighted by atomic mass is 16.2. The van der Waals surface area contributed by atoms with Crippen molar-refractivity contribution < 1.29 is 9.59 Å². The molecule has 0 aliphatic carbocycles. The average Bonchev–Trinajstić information content (AvgIpc) is 2.68. The van der Waals surface area contributed by atoms with Gasteiger partial charge in [0.05, 0.1) is 0 Å². The summed E-state index contributed by atoms with van der Waals surface area (Å²) in [4.78, 5) is 28.4. The van der Waals surface area contributed by atoms with E-state index in [0.29, 0.717) is 19.5 Å². The standard InChI is InChI=1S/C23H30N2O2/c1-5-20-13-10-14-21(6-2)23(20)25(18(3)26)16-15-22(27)24(4)17-19-11-8-7-9-12-19/h7-14H,5-6,15-17H2,1-4H3. The smallest absolute Gasteiger partial charge is 0.224 e. The van der Waals surface area contributed by atoms with Crippen LogP contribution in [-0.4, -0.2) is 30.3 Å². The van der Waals surface area contributed by atoms with E-state index in [-0.39, 0.29) is 11.8 Å². The van der Waals surface area contributed by atoms with Gasteiger partial charge < -0.3 is 9.80 Å². The Labute approximate surface area is 162 Å². The minimum atomic E-state index is -0.0240. The minimum absolute atomic E-state index is 0.0240. The van der Waals surface area contributed by atoms with Crippen molar-refractivity contribution in [3.05, 3.63) is 65.2 Å². The predicted octanol–water partition coefficient (Wildman–Crippen LogP) is 4.21. The van der Waals surface area contributed by atoms with Crippen molar-refractivity contribution in [2.45, 2.75) is 46.6 Å². The van der Waals surface area contributed by atoms with Crippen molar-refractivity contribution in [2.75, 3.05) is 18.5 Å². The van der Waals surface area contributed by atoms with Crippen molar-refractivity contribution >= 4 is 17.5 Å². The zero-order valence-corrected chi connectivity index (χ0v) is 16.9. The van der Waals surface area contributed by atoms with E-state index in [0.717, 1.165) is 35.2 Å². The summed E-state index contributed by atoms with van der Waals surface area (Å²) in [6.07, 6.45) is 2.02. The molecule has 0 N–H and O–H groups in total. The molecule has 2 amide bonds. The SMILES string of the molecule is CCc1cccc(CC)c1N(CCC(=O)N(C)Cc1ccccc1)C(C)=O. The number of anilines is 1. The number of aryl methyl sites for hydroxylation is 2. The number of hydrogen-bond acceptors (Lipinski definition) is 2. The predicted molar refractivity (Wildman–Crippen MR) is 111 cm³/mol. The second kappa shape index (κ2) is 9.91. The summed E-state index contributed by atoms with van der Waals surface area (Å²) < 4.78 is 0. The van der Waals surface area contributed by atoms with Crippen molar-refractivity contribution in [3.8, 4) is 0 Å². The summed E-state index contributed by atoms with van der Waals surface area (Å²) in [5.74, 6) is 0.0150. The van der Waals surface area contributed by atoms with E-state index >= 15 is 0 Å². The first-order chi connectivity index (χ1) is 13.0. The van der Waals surface area contributed by atoms with Crippen molar-refractivity contribution in [1.82, 2.24) is 4.90 Å². The van der Waals surface area contributed by atoms with Crippen LogP contribution in [0.25, 0.3) is 0 Å². The van der Waals surface area contributed by atoms with Crippen LogP contribution in [0.5, 0.6) is 0 Å². The first kappa shape index (κ1) is 20.7. The highest BCUT2D eigenvalue weighted by molar-refractivity contribution is 5.94. The van der Waals surface area contributed by atoms with E-state index < -0.39 is 0 Å². The third kappa shape index (κ3) is 5.43. The fourth-order valence-corrected chi connectivity index (χ4v) is 3.33. The molecule has 2 rings (SSSR count). The number of carbonyl (C=O) groups excluding carboxylic acids is 2. The van der Waals surface area contributed by atoms with Gasteiger partial charge in [0.1, 0.15) is 0 Å². The first-order valence-corrected chi connectivity index (χ1v) is 9.64. The molecule has 0 spiro atoms. The molecule has 27 heavy (non-hydrogen) atoms. The summed E-state index contributed by atoms with van der Waals surface area (Å²) in [6.45, 7) is 6.73. The molecule has 0 unspecified atom stereocenters. The monoisotopic (exact) mass is 366 g/mol. The minimum Gasteiger partial charge on any atom is -0.341 e. The number of carbonyl (C=O) groups is 2. The molecule has 0 aromatic heterocycles. The van der Waals surface area contributed by atoms with Crippen molar-refractivity contribution in [1.29, 1.82) is 0 Å². The maximum absolute atomic E-state index is 12.6. The van der Waals surface area contributed by atoms with Gasteiger partial charge in [0.2, 0.25) is 11.8 Å². The van der Waals surface area contributed by atoms with Gasteiger partial charge in [-0.25, -0.2) is 0 Å². The van der Waals surface area contributed by atoms with Gasteiger partial charge in [-0.15, -0.1) is 0 Å². The number of para-hydroxylation sites is 1. The largest absolute Gasteiger partial charge is 0.341 e. The van der Waals surface area contributed by atoms with E-state index in [1.54, 1.807) is 16.7 Å². The van der Waals surface area contributed by atoms with Gasteiger partial charge in [0.25, 0.3) is 0 Å². The Balaban J connectivity index is 2.11. The van der Waals surface area contributed by atoms with Crippen molar-refractivity contribution in [2.24, 2.45) is 0 Å². The topological polar surface area (TPSA) is 40.6 Å². The molecule has 0 saturated carbocycles. The van der Waals surface area contributed by atoms with Gasteiger partial charge in [-0.2, -0.15) is 0 Å². The fraction of sp³-hybridized carbons (Fsp3) is 0.391. The Kier molecular flexibility index (Phi) is 7.59. The lowest BCUT2D eigenvalue weighted by Crippen LogP contribution is -2.35. The van der Waals surface area contributed by atoms with Crippen LogP contribution < -0.4 is 4.90 Å². The van der Waals surface area contributed by atoms with Crippen LogP contribution >= 0.6 is 0 Å². The molecule has 0 fully saturated rings. The van der Waals surface area contributed by atoms with E-state index in [1.807, 2.05) is 43.4 Å². The zero-order valence-electron chi connectivity index (χ0n) is 16.9. The van der Waals surface area contributed by atoms with Gasteiger partial charge >= 0.3 is 0 Å². The quantitative estimate of drug-likeness (QED) is 0.702. The van der Waals surface area contributed by atoms with Gasteiger partial charge in [-0.1, -0.05) is 62.4 Å². The second-order valence-electron chi connectivity index (χ2n) is 6.79. The molecular weight excluding hydrogens is 336 g/mol. The zero-order chi connectivity index (χ0) is 19.8. The lowest BCUT2D eigenvalue weighted by atomic mass is 10.0. The summed E-state index contributed by atoms with van der Waals surface area (Å²) >= 11 is 0.